The Labute approximate surface area is 325 Å². The largest absolute Gasteiger partial charge is 0.461 e. The summed E-state index contributed by atoms with van der Waals surface area (Å²) in [5.74, 6) is -3.85. The van der Waals surface area contributed by atoms with Gasteiger partial charge in [-0.1, -0.05) is 61.0 Å². The molecular weight excluding hydrogens is 728 g/mol. The number of cyclic esters (lactones) is 1. The molecule has 0 radical (unpaired) electrons. The van der Waals surface area contributed by atoms with Gasteiger partial charge in [-0.25, -0.2) is 4.79 Å². The van der Waals surface area contributed by atoms with Crippen LogP contribution >= 0.6 is 11.6 Å². The predicted octanol–water partition coefficient (Wildman–Crippen LogP) is 1.77. The van der Waals surface area contributed by atoms with Crippen LogP contribution in [0.3, 0.4) is 0 Å². The van der Waals surface area contributed by atoms with E-state index in [4.69, 9.17) is 16.3 Å². The maximum atomic E-state index is 14.5. The average molecular weight is 777 g/mol. The van der Waals surface area contributed by atoms with E-state index < -0.39 is 78.4 Å². The highest BCUT2D eigenvalue weighted by molar-refractivity contribution is 6.30. The lowest BCUT2D eigenvalue weighted by atomic mass is 9.99. The van der Waals surface area contributed by atoms with Crippen LogP contribution in [0.1, 0.15) is 63.5 Å². The van der Waals surface area contributed by atoms with Gasteiger partial charge in [-0.2, -0.15) is 0 Å². The van der Waals surface area contributed by atoms with Crippen molar-refractivity contribution >= 4 is 53.0 Å². The number of hydrogen-bond acceptors (Lipinski definition) is 8. The number of hydrogen-bond donors (Lipinski definition) is 3. The van der Waals surface area contributed by atoms with Crippen molar-refractivity contribution in [2.24, 2.45) is 5.92 Å². The van der Waals surface area contributed by atoms with Crippen LogP contribution in [0.5, 0.6) is 0 Å². The molecule has 1 unspecified atom stereocenters. The van der Waals surface area contributed by atoms with Gasteiger partial charge in [-0.3, -0.25) is 28.8 Å². The molecular formula is C40H49ClN6O8. The molecule has 4 aliphatic heterocycles. The Morgan fingerprint density at radius 1 is 0.818 bits per heavy atom. The fraction of sp³-hybridized carbons (Fsp3) is 0.525. The zero-order valence-corrected chi connectivity index (χ0v) is 32.0. The smallest absolute Gasteiger partial charge is 0.328 e. The number of carbonyl (C=O) groups is 7. The molecule has 2 aromatic carbocycles. The first-order valence-electron chi connectivity index (χ1n) is 19.2. The van der Waals surface area contributed by atoms with Crippen LogP contribution in [0.4, 0.5) is 0 Å². The molecule has 3 N–H and O–H groups in total. The van der Waals surface area contributed by atoms with Crippen molar-refractivity contribution in [2.45, 2.75) is 101 Å². The van der Waals surface area contributed by atoms with E-state index in [2.05, 4.69) is 16.0 Å². The Morgan fingerprint density at radius 3 is 2.25 bits per heavy atom. The summed E-state index contributed by atoms with van der Waals surface area (Å²) in [4.78, 5) is 102. The highest BCUT2D eigenvalue weighted by atomic mass is 35.5. The molecule has 0 spiro atoms. The first-order valence-corrected chi connectivity index (χ1v) is 19.5. The molecule has 6 rings (SSSR count). The third kappa shape index (κ3) is 9.46. The number of rotatable bonds is 7. The molecule has 4 fully saturated rings. The number of nitrogens with zero attached hydrogens (tertiary/aromatic N) is 3. The van der Waals surface area contributed by atoms with Gasteiger partial charge in [0.15, 0.2) is 0 Å². The number of fused-ring (bicyclic) bond motifs is 3. The minimum atomic E-state index is -1.42. The SMILES string of the molecule is C[C@@H]1CC2C(=O)OC[C@H](NC(=O)[C@H](Cc3ccccc3)NC(=O)Cc3ccc(Cl)cc3)C(=O)N3CCC[C@H]3C(=O)N3CCCC[C@H]3C(=O)N[C@@H](C)C(=O)N2C1. The number of carbonyl (C=O) groups excluding carboxylic acids is 7. The maximum absolute atomic E-state index is 14.5. The first kappa shape index (κ1) is 39.7. The van der Waals surface area contributed by atoms with Crippen molar-refractivity contribution in [1.29, 1.82) is 0 Å². The summed E-state index contributed by atoms with van der Waals surface area (Å²) in [5, 5.41) is 8.87. The minimum Gasteiger partial charge on any atom is -0.461 e. The summed E-state index contributed by atoms with van der Waals surface area (Å²) >= 11 is 6.02. The number of benzene rings is 2. The van der Waals surface area contributed by atoms with Crippen molar-refractivity contribution in [3.05, 3.63) is 70.7 Å². The molecule has 15 heteroatoms. The Morgan fingerprint density at radius 2 is 1.51 bits per heavy atom. The van der Waals surface area contributed by atoms with Crippen LogP contribution in [0.2, 0.25) is 5.02 Å². The van der Waals surface area contributed by atoms with Gasteiger partial charge in [0.2, 0.25) is 35.4 Å². The van der Waals surface area contributed by atoms with Crippen molar-refractivity contribution in [2.75, 3.05) is 26.2 Å². The van der Waals surface area contributed by atoms with Crippen LogP contribution in [0.25, 0.3) is 0 Å². The standard InChI is InChI=1S/C40H49ClN6O8/c1-24-19-33-40(54)55-23-30(44-35(49)29(20-26-9-4-3-5-10-26)43-34(48)21-27-13-15-28(41)16-14-27)38(52)46-18-8-12-32(46)39(53)45-17-7-6-11-31(45)36(50)42-25(2)37(51)47(33)22-24/h3-5,9-10,13-16,24-25,29-33H,6-8,11-12,17-23H2,1-2H3,(H,42,50)(H,43,48)(H,44,49)/t24-,25+,29+,30+,31+,32+,33?/m1/s1. The highest BCUT2D eigenvalue weighted by Crippen LogP contribution is 2.28. The van der Waals surface area contributed by atoms with Gasteiger partial charge in [0.25, 0.3) is 0 Å². The highest BCUT2D eigenvalue weighted by Gasteiger charge is 2.46. The summed E-state index contributed by atoms with van der Waals surface area (Å²) in [6.45, 7) is 3.69. The molecule has 0 aromatic heterocycles. The molecule has 294 valence electrons. The lowest BCUT2D eigenvalue weighted by Gasteiger charge is -2.39. The summed E-state index contributed by atoms with van der Waals surface area (Å²) in [6, 6.07) is 9.63. The van der Waals surface area contributed by atoms with E-state index in [9.17, 15) is 33.6 Å². The molecule has 14 nitrogen and oxygen atoms in total. The second-order valence-corrected chi connectivity index (χ2v) is 15.6. The Balaban J connectivity index is 1.29. The molecule has 55 heavy (non-hydrogen) atoms. The molecule has 6 amide bonds. The lowest BCUT2D eigenvalue weighted by molar-refractivity contribution is -0.158. The van der Waals surface area contributed by atoms with E-state index >= 15 is 0 Å². The van der Waals surface area contributed by atoms with Crippen molar-refractivity contribution in [3.8, 4) is 0 Å². The van der Waals surface area contributed by atoms with Crippen molar-refractivity contribution < 1.29 is 38.3 Å². The third-order valence-electron chi connectivity index (χ3n) is 10.9. The normalized spacial score (nSPS) is 27.0. The number of esters is 1. The number of nitrogens with one attached hydrogen (secondary N) is 3. The molecule has 2 aromatic rings. The molecule has 0 aliphatic carbocycles. The van der Waals surface area contributed by atoms with Gasteiger partial charge in [0, 0.05) is 31.1 Å². The second kappa shape index (κ2) is 17.7. The van der Waals surface area contributed by atoms with E-state index in [1.54, 1.807) is 31.2 Å². The quantitative estimate of drug-likeness (QED) is 0.357. The zero-order valence-electron chi connectivity index (χ0n) is 31.2. The second-order valence-electron chi connectivity index (χ2n) is 15.1. The fourth-order valence-electron chi connectivity index (χ4n) is 8.08. The predicted molar refractivity (Wildman–Crippen MR) is 201 cm³/mol. The number of halogens is 1. The van der Waals surface area contributed by atoms with Gasteiger partial charge in [0.05, 0.1) is 6.42 Å². The van der Waals surface area contributed by atoms with Crippen LogP contribution in [-0.4, -0.2) is 119 Å². The maximum Gasteiger partial charge on any atom is 0.328 e. The molecule has 4 aliphatic rings. The van der Waals surface area contributed by atoms with Crippen LogP contribution < -0.4 is 16.0 Å². The van der Waals surface area contributed by atoms with E-state index in [0.29, 0.717) is 55.7 Å². The van der Waals surface area contributed by atoms with Gasteiger partial charge in [-0.05, 0) is 74.6 Å². The van der Waals surface area contributed by atoms with Gasteiger partial charge in [-0.15, -0.1) is 0 Å². The molecule has 0 bridgehead atoms. The fourth-order valence-corrected chi connectivity index (χ4v) is 8.21. The summed E-state index contributed by atoms with van der Waals surface area (Å²) < 4.78 is 5.75. The molecule has 4 heterocycles. The minimum absolute atomic E-state index is 0.0313. The Kier molecular flexibility index (Phi) is 12.7. The van der Waals surface area contributed by atoms with Gasteiger partial charge < -0.3 is 35.4 Å². The van der Waals surface area contributed by atoms with Gasteiger partial charge in [0.1, 0.15) is 42.9 Å². The third-order valence-corrected chi connectivity index (χ3v) is 11.2. The Bertz CT molecular complexity index is 1780. The first-order chi connectivity index (χ1) is 26.4. The van der Waals surface area contributed by atoms with Crippen LogP contribution in [0, 0.1) is 5.92 Å². The van der Waals surface area contributed by atoms with Gasteiger partial charge >= 0.3 is 5.97 Å². The van der Waals surface area contributed by atoms with E-state index in [1.165, 1.54) is 14.7 Å². The van der Waals surface area contributed by atoms with E-state index in [1.807, 2.05) is 37.3 Å². The molecule has 7 atom stereocenters. The summed E-state index contributed by atoms with van der Waals surface area (Å²) in [6.07, 6.45) is 3.02. The van der Waals surface area contributed by atoms with Crippen LogP contribution in [-0.2, 0) is 51.1 Å². The van der Waals surface area contributed by atoms with E-state index in [-0.39, 0.29) is 37.8 Å². The van der Waals surface area contributed by atoms with Crippen molar-refractivity contribution in [1.82, 2.24) is 30.7 Å². The summed E-state index contributed by atoms with van der Waals surface area (Å²) in [5.41, 5.74) is 1.44. The molecule has 4 saturated heterocycles. The number of piperidine rings is 1. The lowest BCUT2D eigenvalue weighted by Crippen LogP contribution is -2.62. The average Bonchev–Trinajstić information content (AvgIpc) is 3.83. The number of amides is 6. The topological polar surface area (TPSA) is 175 Å². The monoisotopic (exact) mass is 776 g/mol. The number of ether oxygens (including phenoxy) is 1. The van der Waals surface area contributed by atoms with Crippen molar-refractivity contribution in [3.63, 3.8) is 0 Å². The zero-order chi connectivity index (χ0) is 39.2. The summed E-state index contributed by atoms with van der Waals surface area (Å²) in [7, 11) is 0. The van der Waals surface area contributed by atoms with E-state index in [0.717, 1.165) is 5.56 Å². The Hall–Kier alpha value is -4.98. The van der Waals surface area contributed by atoms with Crippen LogP contribution in [0.15, 0.2) is 54.6 Å². The molecule has 0 saturated carbocycles.